The van der Waals surface area contributed by atoms with E-state index in [-0.39, 0.29) is 37.8 Å². The van der Waals surface area contributed by atoms with Crippen LogP contribution in [0.3, 0.4) is 0 Å². The Balaban J connectivity index is 1.67. The van der Waals surface area contributed by atoms with Gasteiger partial charge in [0.2, 0.25) is 5.91 Å². The molecule has 0 saturated carbocycles. The van der Waals surface area contributed by atoms with Crippen molar-refractivity contribution in [1.29, 1.82) is 0 Å². The number of fused-ring (bicyclic) bond motifs is 1. The molecule has 1 heterocycles. The third kappa shape index (κ3) is 8.11. The average Bonchev–Trinajstić information content (AvgIpc) is 3.11. The van der Waals surface area contributed by atoms with Crippen LogP contribution in [0.2, 0.25) is 0 Å². The van der Waals surface area contributed by atoms with Crippen molar-refractivity contribution in [1.82, 2.24) is 10.3 Å². The van der Waals surface area contributed by atoms with E-state index in [0.717, 1.165) is 11.8 Å². The highest BCUT2D eigenvalue weighted by Gasteiger charge is 2.23. The van der Waals surface area contributed by atoms with Crippen molar-refractivity contribution in [3.8, 4) is 0 Å². The third-order valence-electron chi connectivity index (χ3n) is 3.80. The lowest BCUT2D eigenvalue weighted by atomic mass is 10.0. The summed E-state index contributed by atoms with van der Waals surface area (Å²) < 4.78 is 15.3. The summed E-state index contributed by atoms with van der Waals surface area (Å²) in [5, 5.41) is 11.9. The fraction of sp³-hybridized carbons (Fsp3) is 0.421. The number of para-hydroxylation sites is 2. The molecule has 2 aromatic rings. The number of amides is 1. The number of benzene rings is 1. The van der Waals surface area contributed by atoms with Crippen LogP contribution in [0.5, 0.6) is 0 Å². The second kappa shape index (κ2) is 11.8. The molecule has 2 rings (SSSR count). The van der Waals surface area contributed by atoms with Gasteiger partial charge < -0.3 is 24.3 Å². The molecule has 1 aromatic heterocycles. The van der Waals surface area contributed by atoms with Gasteiger partial charge in [0.25, 0.3) is 5.22 Å². The monoisotopic (exact) mass is 438 g/mol. The fourth-order valence-corrected chi connectivity index (χ4v) is 3.08. The minimum atomic E-state index is -1.16. The summed E-state index contributed by atoms with van der Waals surface area (Å²) in [6.07, 6.45) is -0.397. The fourth-order valence-electron chi connectivity index (χ4n) is 2.41. The van der Waals surface area contributed by atoms with Crippen LogP contribution >= 0.6 is 11.8 Å². The number of carbonyl (C=O) groups excluding carboxylic acids is 3. The van der Waals surface area contributed by atoms with E-state index in [1.807, 2.05) is 12.1 Å². The van der Waals surface area contributed by atoms with Crippen LogP contribution in [0, 0.1) is 5.92 Å². The maximum absolute atomic E-state index is 12.0. The van der Waals surface area contributed by atoms with Gasteiger partial charge in [0.1, 0.15) is 12.1 Å². The summed E-state index contributed by atoms with van der Waals surface area (Å²) in [7, 11) is 0. The molecule has 0 saturated heterocycles. The van der Waals surface area contributed by atoms with Gasteiger partial charge in [-0.1, -0.05) is 23.9 Å². The number of ether oxygens (including phenoxy) is 2. The molecular formula is C19H22N2O8S. The van der Waals surface area contributed by atoms with Crippen LogP contribution < -0.4 is 5.32 Å². The molecule has 0 spiro atoms. The Kier molecular flexibility index (Phi) is 9.13. The van der Waals surface area contributed by atoms with E-state index < -0.39 is 30.2 Å². The van der Waals surface area contributed by atoms with Gasteiger partial charge in [-0.2, -0.15) is 0 Å². The van der Waals surface area contributed by atoms with Gasteiger partial charge in [0.15, 0.2) is 5.58 Å². The Bertz CT molecular complexity index is 865. The van der Waals surface area contributed by atoms with Crippen LogP contribution in [0.1, 0.15) is 19.8 Å². The molecule has 1 atom stereocenters. The lowest BCUT2D eigenvalue weighted by Crippen LogP contribution is -2.31. The van der Waals surface area contributed by atoms with E-state index in [1.165, 1.54) is 6.92 Å². The predicted molar refractivity (Wildman–Crippen MR) is 106 cm³/mol. The van der Waals surface area contributed by atoms with E-state index in [9.17, 15) is 19.2 Å². The van der Waals surface area contributed by atoms with E-state index in [0.29, 0.717) is 16.3 Å². The molecule has 0 aliphatic carbocycles. The van der Waals surface area contributed by atoms with Crippen LogP contribution in [0.4, 0.5) is 0 Å². The Morgan fingerprint density at radius 3 is 2.67 bits per heavy atom. The van der Waals surface area contributed by atoms with E-state index in [1.54, 1.807) is 12.1 Å². The number of carboxylic acids is 1. The summed E-state index contributed by atoms with van der Waals surface area (Å²) in [5.41, 5.74) is 1.34. The van der Waals surface area contributed by atoms with Gasteiger partial charge in [-0.05, 0) is 18.6 Å². The van der Waals surface area contributed by atoms with Gasteiger partial charge in [0, 0.05) is 6.92 Å². The van der Waals surface area contributed by atoms with Crippen molar-refractivity contribution >= 4 is 46.7 Å². The van der Waals surface area contributed by atoms with Crippen molar-refractivity contribution in [3.05, 3.63) is 24.3 Å². The number of carboxylic acid groups (broad SMARTS) is 1. The van der Waals surface area contributed by atoms with E-state index in [4.69, 9.17) is 19.0 Å². The highest BCUT2D eigenvalue weighted by molar-refractivity contribution is 7.99. The topological polar surface area (TPSA) is 145 Å². The molecule has 162 valence electrons. The van der Waals surface area contributed by atoms with E-state index >= 15 is 0 Å². The van der Waals surface area contributed by atoms with Crippen molar-refractivity contribution in [3.63, 3.8) is 0 Å². The SMILES string of the molecule is CC(=O)OCCC(CC(=O)O)C(=O)OCCNC(=O)CSc1nc2ccccc2o1. The first-order valence-electron chi connectivity index (χ1n) is 9.12. The van der Waals surface area contributed by atoms with Crippen molar-refractivity contribution in [2.24, 2.45) is 5.92 Å². The van der Waals surface area contributed by atoms with Crippen molar-refractivity contribution in [2.45, 2.75) is 25.0 Å². The number of esters is 2. The molecule has 0 radical (unpaired) electrons. The Morgan fingerprint density at radius 2 is 1.97 bits per heavy atom. The Labute approximate surface area is 176 Å². The summed E-state index contributed by atoms with van der Waals surface area (Å²) in [6, 6.07) is 7.25. The van der Waals surface area contributed by atoms with Gasteiger partial charge in [-0.15, -0.1) is 0 Å². The van der Waals surface area contributed by atoms with Gasteiger partial charge >= 0.3 is 17.9 Å². The molecule has 1 amide bonds. The number of hydrogen-bond acceptors (Lipinski definition) is 9. The Morgan fingerprint density at radius 1 is 1.20 bits per heavy atom. The number of oxazole rings is 1. The van der Waals surface area contributed by atoms with E-state index in [2.05, 4.69) is 10.3 Å². The highest BCUT2D eigenvalue weighted by atomic mass is 32.2. The van der Waals surface area contributed by atoms with Crippen molar-refractivity contribution < 1.29 is 38.2 Å². The second-order valence-corrected chi connectivity index (χ2v) is 7.10. The summed E-state index contributed by atoms with van der Waals surface area (Å²) in [6.45, 7) is 1.10. The summed E-state index contributed by atoms with van der Waals surface area (Å²) >= 11 is 1.14. The predicted octanol–water partition coefficient (Wildman–Crippen LogP) is 1.62. The number of nitrogens with zero attached hydrogens (tertiary/aromatic N) is 1. The molecule has 1 unspecified atom stereocenters. The van der Waals surface area contributed by atoms with Crippen LogP contribution in [0.25, 0.3) is 11.1 Å². The third-order valence-corrected chi connectivity index (χ3v) is 4.62. The molecule has 30 heavy (non-hydrogen) atoms. The number of carbonyl (C=O) groups is 4. The zero-order chi connectivity index (χ0) is 21.9. The van der Waals surface area contributed by atoms with Crippen LogP contribution in [-0.4, -0.2) is 59.4 Å². The molecule has 1 aromatic carbocycles. The number of thioether (sulfide) groups is 1. The Hall–Kier alpha value is -3.08. The minimum absolute atomic E-state index is 0.0399. The minimum Gasteiger partial charge on any atom is -0.481 e. The number of aromatic nitrogens is 1. The second-order valence-electron chi connectivity index (χ2n) is 6.18. The smallest absolute Gasteiger partial charge is 0.309 e. The normalized spacial score (nSPS) is 11.6. The molecule has 0 aliphatic heterocycles. The van der Waals surface area contributed by atoms with Crippen molar-refractivity contribution in [2.75, 3.05) is 25.5 Å². The lowest BCUT2D eigenvalue weighted by Gasteiger charge is -2.14. The summed E-state index contributed by atoms with van der Waals surface area (Å²) in [4.78, 5) is 49.8. The average molecular weight is 438 g/mol. The van der Waals surface area contributed by atoms with Gasteiger partial charge in [-0.3, -0.25) is 19.2 Å². The number of hydrogen-bond donors (Lipinski definition) is 2. The first-order valence-corrected chi connectivity index (χ1v) is 10.1. The quantitative estimate of drug-likeness (QED) is 0.285. The molecule has 0 fully saturated rings. The number of rotatable bonds is 12. The molecule has 10 nitrogen and oxygen atoms in total. The lowest BCUT2D eigenvalue weighted by molar-refractivity contribution is -0.154. The first kappa shape index (κ1) is 23.2. The largest absolute Gasteiger partial charge is 0.481 e. The molecule has 0 bridgehead atoms. The van der Waals surface area contributed by atoms with Gasteiger partial charge in [-0.25, -0.2) is 4.98 Å². The molecule has 2 N–H and O–H groups in total. The number of aliphatic carboxylic acids is 1. The van der Waals surface area contributed by atoms with Gasteiger partial charge in [0.05, 0.1) is 31.2 Å². The zero-order valence-corrected chi connectivity index (χ0v) is 17.1. The van der Waals surface area contributed by atoms with Crippen LogP contribution in [0.15, 0.2) is 33.9 Å². The van der Waals surface area contributed by atoms with Crippen LogP contribution in [-0.2, 0) is 28.7 Å². The number of nitrogens with one attached hydrogen (secondary N) is 1. The molecule has 0 aliphatic rings. The standard InChI is InChI=1S/C19H22N2O8S/c1-12(22)27-8-6-13(10-17(24)25)18(26)28-9-7-20-16(23)11-30-19-21-14-4-2-3-5-15(14)29-19/h2-5,13H,6-11H2,1H3,(H,20,23)(H,24,25). The maximum atomic E-state index is 12.0. The summed E-state index contributed by atoms with van der Waals surface area (Å²) in [5.74, 6) is -3.56. The molecule has 11 heteroatoms. The first-order chi connectivity index (χ1) is 14.3. The highest BCUT2D eigenvalue weighted by Crippen LogP contribution is 2.22. The molecular weight excluding hydrogens is 416 g/mol. The zero-order valence-electron chi connectivity index (χ0n) is 16.3. The maximum Gasteiger partial charge on any atom is 0.309 e.